The molecule has 296 valence electrons. The molecule has 3 rings (SSSR count). The standard InChI is InChI=1S/C49H76O3S/c1-7-13-20-28-40-36-42(30-22-15-9-3)47(43(37-40)31-23-16-10-4)53(52-49(50)51,46-34-26-19-27-35-46)48-44(32-24-17-11-5)38-41(29-21-14-8-2)39-45(48)33-25-18-12-6/h19,26-27,34-39H,7-18,20-25,28-33H2,1-6H3,(H,50,51). The Balaban J connectivity index is 2.60. The number of aryl methyl sites for hydroxylation is 6. The monoisotopic (exact) mass is 745 g/mol. The second-order valence-corrected chi connectivity index (χ2v) is 18.0. The Hall–Kier alpha value is -2.72. The zero-order valence-electron chi connectivity index (χ0n) is 34.8. The number of hydrogen-bond donors (Lipinski definition) is 1. The van der Waals surface area contributed by atoms with E-state index in [1.54, 1.807) is 0 Å². The summed E-state index contributed by atoms with van der Waals surface area (Å²) in [5, 5.41) is 11.0. The van der Waals surface area contributed by atoms with Gasteiger partial charge in [0.05, 0.1) is 0 Å². The molecule has 0 spiro atoms. The molecule has 0 unspecified atom stereocenters. The van der Waals surface area contributed by atoms with Crippen molar-refractivity contribution in [2.24, 2.45) is 0 Å². The minimum absolute atomic E-state index is 0.946. The molecule has 4 heteroatoms. The number of unbranched alkanes of at least 4 members (excludes halogenated alkanes) is 12. The van der Waals surface area contributed by atoms with Crippen molar-refractivity contribution >= 4 is 16.5 Å². The van der Waals surface area contributed by atoms with Gasteiger partial charge in [0.1, 0.15) is 0 Å². The molecule has 0 aromatic heterocycles. The van der Waals surface area contributed by atoms with Crippen LogP contribution in [0.2, 0.25) is 0 Å². The van der Waals surface area contributed by atoms with Gasteiger partial charge in [-0.2, -0.15) is 0 Å². The first-order valence-electron chi connectivity index (χ1n) is 22.0. The van der Waals surface area contributed by atoms with Crippen LogP contribution in [0.4, 0.5) is 4.79 Å². The molecule has 0 saturated carbocycles. The Labute approximate surface area is 327 Å². The summed E-state index contributed by atoms with van der Waals surface area (Å²) in [6.07, 6.45) is 25.6. The zero-order valence-corrected chi connectivity index (χ0v) is 35.7. The van der Waals surface area contributed by atoms with Gasteiger partial charge < -0.3 is 9.29 Å². The van der Waals surface area contributed by atoms with E-state index >= 15 is 0 Å². The van der Waals surface area contributed by atoms with Gasteiger partial charge in [-0.1, -0.05) is 161 Å². The van der Waals surface area contributed by atoms with Crippen LogP contribution in [0, 0.1) is 0 Å². The molecule has 1 N–H and O–H groups in total. The maximum atomic E-state index is 13.5. The highest BCUT2D eigenvalue weighted by molar-refractivity contribution is 8.30. The molecule has 0 atom stereocenters. The Morgan fingerprint density at radius 2 is 0.774 bits per heavy atom. The Morgan fingerprint density at radius 3 is 1.06 bits per heavy atom. The van der Waals surface area contributed by atoms with Crippen LogP contribution in [0.5, 0.6) is 0 Å². The minimum atomic E-state index is -2.69. The topological polar surface area (TPSA) is 46.5 Å². The highest BCUT2D eigenvalue weighted by Crippen LogP contribution is 2.73. The zero-order chi connectivity index (χ0) is 38.3. The predicted octanol–water partition coefficient (Wildman–Crippen LogP) is 16.0. The molecular formula is C49H76O3S. The van der Waals surface area contributed by atoms with Crippen LogP contribution in [0.25, 0.3) is 0 Å². The third-order valence-corrected chi connectivity index (χ3v) is 14.3. The lowest BCUT2D eigenvalue weighted by atomic mass is 9.95. The van der Waals surface area contributed by atoms with Gasteiger partial charge in [0.2, 0.25) is 0 Å². The summed E-state index contributed by atoms with van der Waals surface area (Å²) in [6, 6.07) is 20.5. The van der Waals surface area contributed by atoms with Crippen LogP contribution in [0.1, 0.15) is 190 Å². The molecule has 0 amide bonds. The molecule has 3 nitrogen and oxygen atoms in total. The second kappa shape index (κ2) is 25.4. The Morgan fingerprint density at radius 1 is 0.472 bits per heavy atom. The Bertz CT molecular complexity index is 1320. The van der Waals surface area contributed by atoms with Crippen molar-refractivity contribution < 1.29 is 14.1 Å². The van der Waals surface area contributed by atoms with Crippen molar-refractivity contribution in [2.75, 3.05) is 0 Å². The predicted molar refractivity (Wildman–Crippen MR) is 230 cm³/mol. The van der Waals surface area contributed by atoms with Crippen molar-refractivity contribution in [2.45, 2.75) is 210 Å². The van der Waals surface area contributed by atoms with Crippen molar-refractivity contribution in [1.82, 2.24) is 0 Å². The molecule has 0 bridgehead atoms. The van der Waals surface area contributed by atoms with Gasteiger partial charge in [0, 0.05) is 14.7 Å². The van der Waals surface area contributed by atoms with E-state index in [4.69, 9.17) is 4.18 Å². The molecule has 0 saturated heterocycles. The van der Waals surface area contributed by atoms with E-state index in [1.807, 2.05) is 0 Å². The molecule has 0 aliphatic heterocycles. The lowest BCUT2D eigenvalue weighted by Crippen LogP contribution is -2.19. The van der Waals surface area contributed by atoms with Crippen LogP contribution >= 0.6 is 10.3 Å². The van der Waals surface area contributed by atoms with Gasteiger partial charge in [0.25, 0.3) is 0 Å². The minimum Gasteiger partial charge on any atom is -0.449 e. The summed E-state index contributed by atoms with van der Waals surface area (Å²) in [6.45, 7) is 13.7. The molecule has 0 heterocycles. The smallest absolute Gasteiger partial charge is 0.449 e. The fourth-order valence-corrected chi connectivity index (χ4v) is 11.8. The molecule has 0 fully saturated rings. The lowest BCUT2D eigenvalue weighted by Gasteiger charge is -2.44. The molecule has 0 aliphatic carbocycles. The van der Waals surface area contributed by atoms with Crippen molar-refractivity contribution in [3.63, 3.8) is 0 Å². The van der Waals surface area contributed by atoms with E-state index in [1.165, 1.54) is 81.7 Å². The van der Waals surface area contributed by atoms with Gasteiger partial charge in [0.15, 0.2) is 0 Å². The summed E-state index contributed by atoms with van der Waals surface area (Å²) in [7, 11) is -2.69. The molecule has 3 aromatic rings. The number of benzene rings is 3. The van der Waals surface area contributed by atoms with Gasteiger partial charge in [-0.25, -0.2) is 4.79 Å². The Kier molecular flexibility index (Phi) is 21.4. The first-order chi connectivity index (χ1) is 25.9. The molecule has 53 heavy (non-hydrogen) atoms. The summed E-state index contributed by atoms with van der Waals surface area (Å²) < 4.78 is 6.86. The quantitative estimate of drug-likeness (QED) is 0.0753. The van der Waals surface area contributed by atoms with E-state index in [0.29, 0.717) is 0 Å². The van der Waals surface area contributed by atoms with Crippen LogP contribution in [0.3, 0.4) is 0 Å². The van der Waals surface area contributed by atoms with E-state index in [-0.39, 0.29) is 0 Å². The first-order valence-corrected chi connectivity index (χ1v) is 23.6. The highest BCUT2D eigenvalue weighted by atomic mass is 32.3. The first kappa shape index (κ1) is 44.7. The largest absolute Gasteiger partial charge is 0.517 e. The summed E-state index contributed by atoms with van der Waals surface area (Å²) in [4.78, 5) is 16.9. The van der Waals surface area contributed by atoms with E-state index in [2.05, 4.69) is 96.1 Å². The van der Waals surface area contributed by atoms with Crippen molar-refractivity contribution in [3.8, 4) is 0 Å². The fraction of sp³-hybridized carbons (Fsp3) is 0.612. The number of carboxylic acid groups (broad SMARTS) is 1. The third-order valence-electron chi connectivity index (χ3n) is 10.8. The fourth-order valence-electron chi connectivity index (χ4n) is 8.03. The molecule has 3 aromatic carbocycles. The van der Waals surface area contributed by atoms with Gasteiger partial charge in [-0.3, -0.25) is 0 Å². The van der Waals surface area contributed by atoms with E-state index in [9.17, 15) is 9.90 Å². The SMILES string of the molecule is CCCCCc1cc(CCCCC)c(S(OC(=O)O)(c2ccccc2)c2c(CCCCC)cc(CCCCC)cc2CCCCC)c(CCCCC)c1. The van der Waals surface area contributed by atoms with Gasteiger partial charge in [-0.15, -0.1) is 0 Å². The number of hydrogen-bond acceptors (Lipinski definition) is 2. The van der Waals surface area contributed by atoms with Crippen LogP contribution in [-0.4, -0.2) is 11.3 Å². The molecule has 0 aliphatic rings. The average molecular weight is 745 g/mol. The second-order valence-electron chi connectivity index (χ2n) is 15.4. The maximum Gasteiger partial charge on any atom is 0.517 e. The molecule has 0 radical (unpaired) electrons. The molecular weight excluding hydrogens is 669 g/mol. The number of carbonyl (C=O) groups is 1. The van der Waals surface area contributed by atoms with Crippen molar-refractivity contribution in [3.05, 3.63) is 88.0 Å². The van der Waals surface area contributed by atoms with Crippen molar-refractivity contribution in [1.29, 1.82) is 0 Å². The summed E-state index contributed by atoms with van der Waals surface area (Å²) >= 11 is 0. The van der Waals surface area contributed by atoms with Gasteiger partial charge >= 0.3 is 6.16 Å². The van der Waals surface area contributed by atoms with Crippen LogP contribution in [-0.2, 0) is 42.7 Å². The van der Waals surface area contributed by atoms with Crippen LogP contribution in [0.15, 0.2) is 69.3 Å². The summed E-state index contributed by atoms with van der Waals surface area (Å²) in [5.41, 5.74) is 8.12. The highest BCUT2D eigenvalue weighted by Gasteiger charge is 2.42. The number of rotatable bonds is 28. The maximum absolute atomic E-state index is 13.5. The van der Waals surface area contributed by atoms with Crippen LogP contribution < -0.4 is 0 Å². The van der Waals surface area contributed by atoms with E-state index < -0.39 is 16.5 Å². The van der Waals surface area contributed by atoms with E-state index in [0.717, 1.165) is 120 Å². The normalized spacial score (nSPS) is 12.0. The van der Waals surface area contributed by atoms with Gasteiger partial charge in [-0.05, 0) is 133 Å². The summed E-state index contributed by atoms with van der Waals surface area (Å²) in [5.74, 6) is 0. The third kappa shape index (κ3) is 13.5. The average Bonchev–Trinajstić information content (AvgIpc) is 3.15. The lowest BCUT2D eigenvalue weighted by molar-refractivity contribution is 0.150.